The number of thiocarbonyl (C=S) groups is 1. The predicted octanol–water partition coefficient (Wildman–Crippen LogP) is -1.75. The number of sulfone groups is 2. The fraction of sp³-hybridized carbons (Fsp3) is 0.833. The van der Waals surface area contributed by atoms with Crippen LogP contribution in [0.2, 0.25) is 0 Å². The van der Waals surface area contributed by atoms with Crippen LogP contribution < -0.4 is 10.6 Å². The zero-order valence-corrected chi connectivity index (χ0v) is 15.4. The van der Waals surface area contributed by atoms with E-state index in [4.69, 9.17) is 17.0 Å². The summed E-state index contributed by atoms with van der Waals surface area (Å²) in [6.45, 7) is 1.82. The first-order valence-electron chi connectivity index (χ1n) is 7.55. The van der Waals surface area contributed by atoms with Crippen molar-refractivity contribution in [1.82, 2.24) is 15.5 Å². The molecule has 0 bridgehead atoms. The molecule has 24 heavy (non-hydrogen) atoms. The molecule has 0 radical (unpaired) electrons. The second kappa shape index (κ2) is 5.99. The van der Waals surface area contributed by atoms with E-state index in [0.29, 0.717) is 5.11 Å². The summed E-state index contributed by atoms with van der Waals surface area (Å²) in [5.41, 5.74) is 0. The number of nitrogens with zero attached hydrogens (tertiary/aromatic N) is 1. The van der Waals surface area contributed by atoms with E-state index >= 15 is 0 Å². The Hall–Kier alpha value is -1.14. The minimum atomic E-state index is -3.37. The van der Waals surface area contributed by atoms with E-state index in [1.807, 2.05) is 0 Å². The van der Waals surface area contributed by atoms with Crippen LogP contribution in [-0.2, 0) is 24.4 Å². The van der Waals surface area contributed by atoms with Gasteiger partial charge >= 0.3 is 6.09 Å². The molecule has 0 aromatic rings. The highest BCUT2D eigenvalue weighted by Gasteiger charge is 2.53. The number of alkyl carbamates (subject to hydrolysis) is 1. The Labute approximate surface area is 145 Å². The van der Waals surface area contributed by atoms with Gasteiger partial charge in [0.25, 0.3) is 0 Å². The number of nitrogens with one attached hydrogen (secondary N) is 2. The van der Waals surface area contributed by atoms with Gasteiger partial charge in [0.05, 0.1) is 53.8 Å². The molecule has 0 unspecified atom stereocenters. The fourth-order valence-corrected chi connectivity index (χ4v) is 7.81. The average molecular weight is 398 g/mol. The van der Waals surface area contributed by atoms with Gasteiger partial charge in [-0.2, -0.15) is 0 Å². The molecular formula is C12H19N3O6S3. The lowest BCUT2D eigenvalue weighted by atomic mass is 10.1. The standard InChI is InChI=1S/C12H19N3O6S3/c1-2-21-12(16)14-8-4-24(19,20)6-10(8)15-9-5-23(17,18)3-7(9)13-11(15)22/h7-10H,2-6H2,1H3,(H,13,22)(H,14,16)/t7-,8+,9+,10-/m0/s1. The van der Waals surface area contributed by atoms with Crippen LogP contribution in [0.15, 0.2) is 0 Å². The zero-order chi connectivity index (χ0) is 17.7. The minimum Gasteiger partial charge on any atom is -0.450 e. The maximum absolute atomic E-state index is 12.1. The molecule has 4 atom stereocenters. The van der Waals surface area contributed by atoms with E-state index in [9.17, 15) is 21.6 Å². The van der Waals surface area contributed by atoms with Crippen LogP contribution in [0.1, 0.15) is 6.92 Å². The molecule has 3 rings (SSSR count). The second-order valence-corrected chi connectivity index (χ2v) is 10.9. The molecule has 3 heterocycles. The van der Waals surface area contributed by atoms with Crippen molar-refractivity contribution < 1.29 is 26.4 Å². The quantitative estimate of drug-likeness (QED) is 0.534. The number of fused-ring (bicyclic) bond motifs is 1. The average Bonchev–Trinajstić information content (AvgIpc) is 2.96. The molecule has 9 nitrogen and oxygen atoms in total. The van der Waals surface area contributed by atoms with Crippen molar-refractivity contribution in [3.8, 4) is 0 Å². The summed E-state index contributed by atoms with van der Waals surface area (Å²) in [4.78, 5) is 13.3. The van der Waals surface area contributed by atoms with Gasteiger partial charge in [0.15, 0.2) is 24.8 Å². The molecule has 0 aliphatic carbocycles. The molecule has 136 valence electrons. The molecule has 0 spiro atoms. The zero-order valence-electron chi connectivity index (χ0n) is 13.0. The summed E-state index contributed by atoms with van der Waals surface area (Å²) in [6.07, 6.45) is -0.696. The Morgan fingerprint density at radius 1 is 1.21 bits per heavy atom. The lowest BCUT2D eigenvalue weighted by Gasteiger charge is -2.33. The molecule has 0 aromatic carbocycles. The van der Waals surface area contributed by atoms with Gasteiger partial charge in [-0.05, 0) is 19.1 Å². The number of carbonyl (C=O) groups is 1. The molecule has 3 saturated heterocycles. The third kappa shape index (κ3) is 3.31. The van der Waals surface area contributed by atoms with E-state index < -0.39 is 43.9 Å². The van der Waals surface area contributed by atoms with E-state index in [1.165, 1.54) is 0 Å². The van der Waals surface area contributed by atoms with Gasteiger partial charge in [-0.3, -0.25) is 0 Å². The summed E-state index contributed by atoms with van der Waals surface area (Å²) in [7, 11) is -6.57. The smallest absolute Gasteiger partial charge is 0.407 e. The second-order valence-electron chi connectivity index (χ2n) is 6.22. The van der Waals surface area contributed by atoms with Crippen LogP contribution in [0, 0.1) is 0 Å². The van der Waals surface area contributed by atoms with E-state index in [1.54, 1.807) is 11.8 Å². The van der Waals surface area contributed by atoms with E-state index in [-0.39, 0.29) is 35.7 Å². The molecule has 3 aliphatic heterocycles. The van der Waals surface area contributed by atoms with E-state index in [0.717, 1.165) is 0 Å². The SMILES string of the molecule is CCOC(=O)N[C@@H]1CS(=O)(=O)C[C@@H]1N1C(=S)N[C@H]2CS(=O)(=O)C[C@H]21. The lowest BCUT2D eigenvalue weighted by Crippen LogP contribution is -2.55. The van der Waals surface area contributed by atoms with Gasteiger partial charge in [-0.1, -0.05) is 0 Å². The monoisotopic (exact) mass is 397 g/mol. The van der Waals surface area contributed by atoms with Crippen molar-refractivity contribution >= 4 is 43.1 Å². The Kier molecular flexibility index (Phi) is 4.41. The van der Waals surface area contributed by atoms with Crippen LogP contribution in [-0.4, -0.2) is 86.7 Å². The van der Waals surface area contributed by atoms with Crippen molar-refractivity contribution in [1.29, 1.82) is 0 Å². The van der Waals surface area contributed by atoms with Crippen LogP contribution in [0.3, 0.4) is 0 Å². The van der Waals surface area contributed by atoms with Crippen molar-refractivity contribution in [2.75, 3.05) is 29.6 Å². The summed E-state index contributed by atoms with van der Waals surface area (Å²) in [5, 5.41) is 5.86. The Balaban J connectivity index is 1.85. The molecule has 12 heteroatoms. The molecular weight excluding hydrogens is 378 g/mol. The van der Waals surface area contributed by atoms with Gasteiger partial charge < -0.3 is 20.3 Å². The highest BCUT2D eigenvalue weighted by Crippen LogP contribution is 2.30. The van der Waals surface area contributed by atoms with Gasteiger partial charge in [-0.25, -0.2) is 21.6 Å². The molecule has 3 aliphatic rings. The summed E-state index contributed by atoms with van der Waals surface area (Å²) in [6, 6.07) is -2.06. The predicted molar refractivity (Wildman–Crippen MR) is 90.2 cm³/mol. The number of carbonyl (C=O) groups excluding carboxylic acids is 1. The van der Waals surface area contributed by atoms with Gasteiger partial charge in [0.2, 0.25) is 0 Å². The Morgan fingerprint density at radius 3 is 2.50 bits per heavy atom. The number of hydrogen-bond donors (Lipinski definition) is 2. The molecule has 1 amide bonds. The summed E-state index contributed by atoms with van der Waals surface area (Å²) in [5.74, 6) is -0.508. The molecule has 3 fully saturated rings. The largest absolute Gasteiger partial charge is 0.450 e. The Bertz CT molecular complexity index is 765. The first kappa shape index (κ1) is 17.7. The van der Waals surface area contributed by atoms with Crippen LogP contribution in [0.5, 0.6) is 0 Å². The summed E-state index contributed by atoms with van der Waals surface area (Å²) >= 11 is 5.28. The molecule has 2 N–H and O–H groups in total. The third-order valence-electron chi connectivity index (χ3n) is 4.48. The first-order valence-corrected chi connectivity index (χ1v) is 11.6. The van der Waals surface area contributed by atoms with Crippen LogP contribution in [0.25, 0.3) is 0 Å². The lowest BCUT2D eigenvalue weighted by molar-refractivity contribution is 0.143. The minimum absolute atomic E-state index is 0.0241. The molecule has 0 saturated carbocycles. The first-order chi connectivity index (χ1) is 11.1. The van der Waals surface area contributed by atoms with E-state index in [2.05, 4.69) is 10.6 Å². The number of ether oxygens (including phenoxy) is 1. The topological polar surface area (TPSA) is 122 Å². The van der Waals surface area contributed by atoms with Crippen molar-refractivity contribution in [3.05, 3.63) is 0 Å². The number of rotatable bonds is 3. The fourth-order valence-electron chi connectivity index (χ4n) is 3.59. The van der Waals surface area contributed by atoms with Crippen molar-refractivity contribution in [2.24, 2.45) is 0 Å². The third-order valence-corrected chi connectivity index (χ3v) is 8.24. The van der Waals surface area contributed by atoms with Crippen molar-refractivity contribution in [2.45, 2.75) is 31.1 Å². The van der Waals surface area contributed by atoms with Gasteiger partial charge in [-0.15, -0.1) is 0 Å². The number of amides is 1. The highest BCUT2D eigenvalue weighted by molar-refractivity contribution is 7.92. The number of hydrogen-bond acceptors (Lipinski definition) is 7. The van der Waals surface area contributed by atoms with Crippen LogP contribution in [0.4, 0.5) is 4.79 Å². The highest BCUT2D eigenvalue weighted by atomic mass is 32.2. The van der Waals surface area contributed by atoms with Crippen LogP contribution >= 0.6 is 12.2 Å². The summed E-state index contributed by atoms with van der Waals surface area (Å²) < 4.78 is 52.7. The normalized spacial score (nSPS) is 36.2. The van der Waals surface area contributed by atoms with Crippen molar-refractivity contribution in [3.63, 3.8) is 0 Å². The van der Waals surface area contributed by atoms with Gasteiger partial charge in [0.1, 0.15) is 0 Å². The van der Waals surface area contributed by atoms with Gasteiger partial charge in [0, 0.05) is 0 Å². The molecule has 0 aromatic heterocycles. The Morgan fingerprint density at radius 2 is 1.83 bits per heavy atom. The maximum atomic E-state index is 12.1. The maximum Gasteiger partial charge on any atom is 0.407 e.